The molecule has 0 spiro atoms. The van der Waals surface area contributed by atoms with E-state index in [0.29, 0.717) is 16.5 Å². The van der Waals surface area contributed by atoms with Gasteiger partial charge in [0.05, 0.1) is 5.69 Å². The van der Waals surface area contributed by atoms with Crippen LogP contribution in [-0.2, 0) is 0 Å². The van der Waals surface area contributed by atoms with Gasteiger partial charge in [-0.05, 0) is 18.6 Å². The Morgan fingerprint density at radius 2 is 2.31 bits per heavy atom. The topological polar surface area (TPSA) is 51.8 Å². The monoisotopic (exact) mass is 195 g/mol. The van der Waals surface area contributed by atoms with Gasteiger partial charge in [-0.25, -0.2) is 9.97 Å². The van der Waals surface area contributed by atoms with Crippen LogP contribution in [0.15, 0.2) is 30.1 Å². The predicted molar refractivity (Wildman–Crippen MR) is 55.1 cm³/mol. The second-order valence-electron chi connectivity index (χ2n) is 2.58. The molecule has 0 aliphatic carbocycles. The van der Waals surface area contributed by atoms with Crippen LogP contribution in [0.1, 0.15) is 12.6 Å². The van der Waals surface area contributed by atoms with Gasteiger partial charge in [0.1, 0.15) is 12.1 Å². The van der Waals surface area contributed by atoms with E-state index in [1.54, 1.807) is 19.1 Å². The van der Waals surface area contributed by atoms with Gasteiger partial charge in [0, 0.05) is 11.1 Å². The number of nitrogens with zero attached hydrogens (tertiary/aromatic N) is 2. The van der Waals surface area contributed by atoms with Crippen molar-refractivity contribution in [2.75, 3.05) is 5.73 Å². The second-order valence-corrected chi connectivity index (χ2v) is 3.18. The van der Waals surface area contributed by atoms with Crippen LogP contribution in [0.5, 0.6) is 0 Å². The molecule has 0 unspecified atom stereocenters. The summed E-state index contributed by atoms with van der Waals surface area (Å²) in [4.78, 5) is 7.77. The van der Waals surface area contributed by atoms with Crippen LogP contribution in [0.4, 0.5) is 5.82 Å². The Hall–Kier alpha value is -1.35. The summed E-state index contributed by atoms with van der Waals surface area (Å²) in [5.74, 6) is 0.423. The lowest BCUT2D eigenvalue weighted by Crippen LogP contribution is -1.94. The summed E-state index contributed by atoms with van der Waals surface area (Å²) in [6.45, 7) is 5.57. The summed E-state index contributed by atoms with van der Waals surface area (Å²) in [7, 11) is 0. The number of hydrogen-bond donors (Lipinski definition) is 1. The summed E-state index contributed by atoms with van der Waals surface area (Å²) in [6, 6.07) is 1.65. The van der Waals surface area contributed by atoms with Crippen molar-refractivity contribution >= 4 is 23.0 Å². The third-order valence-electron chi connectivity index (χ3n) is 1.39. The molecule has 0 radical (unpaired) electrons. The minimum atomic E-state index is 0.423. The maximum absolute atomic E-state index is 5.69. The minimum absolute atomic E-state index is 0.423. The highest BCUT2D eigenvalue weighted by Gasteiger charge is 1.98. The zero-order valence-electron chi connectivity index (χ0n) is 7.29. The Kier molecular flexibility index (Phi) is 3.03. The molecule has 1 heterocycles. The average Bonchev–Trinajstić information content (AvgIpc) is 2.03. The van der Waals surface area contributed by atoms with Gasteiger partial charge in [-0.15, -0.1) is 0 Å². The van der Waals surface area contributed by atoms with E-state index >= 15 is 0 Å². The van der Waals surface area contributed by atoms with Crippen LogP contribution in [-0.4, -0.2) is 9.97 Å². The third kappa shape index (κ3) is 2.87. The summed E-state index contributed by atoms with van der Waals surface area (Å²) in [6.07, 6.45) is 3.12. The van der Waals surface area contributed by atoms with Gasteiger partial charge >= 0.3 is 0 Å². The molecule has 1 rings (SSSR count). The molecular formula is C9H10ClN3. The predicted octanol–water partition coefficient (Wildman–Crippen LogP) is 2.21. The quantitative estimate of drug-likeness (QED) is 0.737. The van der Waals surface area contributed by atoms with Crippen LogP contribution < -0.4 is 5.73 Å². The number of rotatable bonds is 2. The molecule has 13 heavy (non-hydrogen) atoms. The van der Waals surface area contributed by atoms with Crippen LogP contribution in [0.2, 0.25) is 0 Å². The van der Waals surface area contributed by atoms with Gasteiger partial charge in [0.2, 0.25) is 0 Å². The number of nitrogens with two attached hydrogens (primary N) is 1. The Morgan fingerprint density at radius 3 is 2.85 bits per heavy atom. The van der Waals surface area contributed by atoms with Crippen molar-refractivity contribution in [3.8, 4) is 0 Å². The van der Waals surface area contributed by atoms with Gasteiger partial charge in [0.15, 0.2) is 0 Å². The molecule has 0 aliphatic heterocycles. The Bertz CT molecular complexity index is 354. The van der Waals surface area contributed by atoms with E-state index in [4.69, 9.17) is 17.3 Å². The molecule has 0 fully saturated rings. The van der Waals surface area contributed by atoms with E-state index in [1.807, 2.05) is 0 Å². The first-order valence-corrected chi connectivity index (χ1v) is 4.08. The van der Waals surface area contributed by atoms with E-state index in [2.05, 4.69) is 16.5 Å². The molecule has 0 aliphatic rings. The lowest BCUT2D eigenvalue weighted by Gasteiger charge is -1.99. The molecule has 2 N–H and O–H groups in total. The zero-order valence-corrected chi connectivity index (χ0v) is 8.04. The fraction of sp³-hybridized carbons (Fsp3) is 0.111. The highest BCUT2D eigenvalue weighted by Crippen LogP contribution is 2.15. The number of hydrogen-bond acceptors (Lipinski definition) is 3. The number of aromatic nitrogens is 2. The molecule has 68 valence electrons. The van der Waals surface area contributed by atoms with Crippen molar-refractivity contribution in [2.45, 2.75) is 6.92 Å². The Balaban J connectivity index is 2.96. The van der Waals surface area contributed by atoms with Gasteiger partial charge in [-0.1, -0.05) is 18.2 Å². The Labute approximate surface area is 82.0 Å². The normalized spacial score (nSPS) is 11.4. The molecular weight excluding hydrogens is 186 g/mol. The summed E-state index contributed by atoms with van der Waals surface area (Å²) < 4.78 is 0. The van der Waals surface area contributed by atoms with Crippen molar-refractivity contribution in [1.29, 1.82) is 0 Å². The molecule has 0 amide bonds. The lowest BCUT2D eigenvalue weighted by atomic mass is 10.2. The second kappa shape index (κ2) is 4.05. The number of nitrogen functional groups attached to an aromatic ring is 1. The van der Waals surface area contributed by atoms with Crippen LogP contribution >= 0.6 is 11.6 Å². The van der Waals surface area contributed by atoms with Crippen molar-refractivity contribution in [3.05, 3.63) is 35.8 Å². The standard InChI is InChI=1S/C9H10ClN3/c1-6(3-7(2)10)8-4-9(11)13-5-12-8/h3-5H,1H2,2H3,(H2,11,12,13)/b7-3+. The molecule has 1 aromatic rings. The first-order valence-electron chi connectivity index (χ1n) is 3.70. The third-order valence-corrected chi connectivity index (χ3v) is 1.50. The van der Waals surface area contributed by atoms with Gasteiger partial charge in [-0.2, -0.15) is 0 Å². The average molecular weight is 196 g/mol. The summed E-state index contributed by atoms with van der Waals surface area (Å²) in [5, 5.41) is 0.655. The summed E-state index contributed by atoms with van der Waals surface area (Å²) in [5.41, 5.74) is 6.89. The molecule has 1 aromatic heterocycles. The van der Waals surface area contributed by atoms with E-state index in [9.17, 15) is 0 Å². The smallest absolute Gasteiger partial charge is 0.127 e. The first kappa shape index (κ1) is 9.74. The maximum atomic E-state index is 5.69. The number of halogens is 1. The molecule has 0 saturated carbocycles. The maximum Gasteiger partial charge on any atom is 0.127 e. The van der Waals surface area contributed by atoms with E-state index in [0.717, 1.165) is 5.57 Å². The van der Waals surface area contributed by atoms with Gasteiger partial charge in [-0.3, -0.25) is 0 Å². The van der Waals surface area contributed by atoms with Crippen molar-refractivity contribution in [2.24, 2.45) is 0 Å². The molecule has 0 aromatic carbocycles. The number of allylic oxidation sites excluding steroid dienone is 3. The fourth-order valence-corrected chi connectivity index (χ4v) is 0.994. The SMILES string of the molecule is C=C(/C=C(\C)Cl)c1cc(N)ncn1. The van der Waals surface area contributed by atoms with Crippen molar-refractivity contribution < 1.29 is 0 Å². The lowest BCUT2D eigenvalue weighted by molar-refractivity contribution is 1.15. The van der Waals surface area contributed by atoms with Crippen molar-refractivity contribution in [1.82, 2.24) is 9.97 Å². The molecule has 0 bridgehead atoms. The van der Waals surface area contributed by atoms with Gasteiger partial charge in [0.25, 0.3) is 0 Å². The molecule has 0 saturated heterocycles. The highest BCUT2D eigenvalue weighted by molar-refractivity contribution is 6.29. The Morgan fingerprint density at radius 1 is 1.62 bits per heavy atom. The van der Waals surface area contributed by atoms with Crippen LogP contribution in [0, 0.1) is 0 Å². The van der Waals surface area contributed by atoms with E-state index in [-0.39, 0.29) is 0 Å². The van der Waals surface area contributed by atoms with Crippen LogP contribution in [0.25, 0.3) is 5.57 Å². The fourth-order valence-electron chi connectivity index (χ4n) is 0.862. The van der Waals surface area contributed by atoms with Crippen LogP contribution in [0.3, 0.4) is 0 Å². The van der Waals surface area contributed by atoms with Gasteiger partial charge < -0.3 is 5.73 Å². The highest BCUT2D eigenvalue weighted by atomic mass is 35.5. The molecule has 3 nitrogen and oxygen atoms in total. The first-order chi connectivity index (χ1) is 6.09. The van der Waals surface area contributed by atoms with E-state index < -0.39 is 0 Å². The number of anilines is 1. The van der Waals surface area contributed by atoms with Crippen molar-refractivity contribution in [3.63, 3.8) is 0 Å². The molecule has 0 atom stereocenters. The largest absolute Gasteiger partial charge is 0.384 e. The minimum Gasteiger partial charge on any atom is -0.384 e. The summed E-state index contributed by atoms with van der Waals surface area (Å²) >= 11 is 5.69. The molecule has 4 heteroatoms. The zero-order chi connectivity index (χ0) is 9.84. The van der Waals surface area contributed by atoms with E-state index in [1.165, 1.54) is 6.33 Å².